The number of ether oxygens (including phenoxy) is 2. The Balaban J connectivity index is 2.42. The smallest absolute Gasteiger partial charge is 0.487 e. The molecule has 2 N–H and O–H groups in total. The van der Waals surface area contributed by atoms with E-state index >= 15 is 0 Å². The Morgan fingerprint density at radius 2 is 2.06 bits per heavy atom. The summed E-state index contributed by atoms with van der Waals surface area (Å²) in [6.07, 6.45) is -4.31. The molecule has 0 saturated carbocycles. The van der Waals surface area contributed by atoms with E-state index in [4.69, 9.17) is 10.5 Å². The van der Waals surface area contributed by atoms with Gasteiger partial charge < -0.3 is 15.2 Å². The highest BCUT2D eigenvalue weighted by Crippen LogP contribution is 2.44. The van der Waals surface area contributed by atoms with Crippen molar-refractivity contribution in [3.8, 4) is 11.5 Å². The quantitative estimate of drug-likeness (QED) is 0.844. The molecular weight excluding hydrogens is 247 g/mol. The van der Waals surface area contributed by atoms with Crippen molar-refractivity contribution in [2.75, 3.05) is 0 Å². The zero-order valence-electron chi connectivity index (χ0n) is 10.0. The highest BCUT2D eigenvalue weighted by molar-refractivity contribution is 5.48. The van der Waals surface area contributed by atoms with Crippen molar-refractivity contribution in [2.24, 2.45) is 5.73 Å². The van der Waals surface area contributed by atoms with Gasteiger partial charge in [0, 0.05) is 12.5 Å². The molecular formula is C12H14F3NO2. The van der Waals surface area contributed by atoms with Crippen LogP contribution >= 0.6 is 0 Å². The Morgan fingerprint density at radius 3 is 2.67 bits per heavy atom. The van der Waals surface area contributed by atoms with Crippen LogP contribution in [0.2, 0.25) is 0 Å². The molecule has 0 unspecified atom stereocenters. The Morgan fingerprint density at radius 1 is 1.39 bits per heavy atom. The highest BCUT2D eigenvalue weighted by Gasteiger charge is 2.37. The average molecular weight is 261 g/mol. The van der Waals surface area contributed by atoms with E-state index in [2.05, 4.69) is 4.74 Å². The third-order valence-corrected chi connectivity index (χ3v) is 2.72. The second-order valence-electron chi connectivity index (χ2n) is 4.89. The van der Waals surface area contributed by atoms with Crippen LogP contribution in [-0.4, -0.2) is 12.0 Å². The first-order valence-electron chi connectivity index (χ1n) is 5.51. The first-order valence-corrected chi connectivity index (χ1v) is 5.51. The molecule has 1 aromatic rings. The van der Waals surface area contributed by atoms with Gasteiger partial charge in [-0.05, 0) is 26.0 Å². The molecule has 1 heterocycles. The number of halogens is 3. The lowest BCUT2D eigenvalue weighted by Gasteiger charge is -2.36. The van der Waals surface area contributed by atoms with E-state index in [1.807, 2.05) is 13.8 Å². The third-order valence-electron chi connectivity index (χ3n) is 2.72. The topological polar surface area (TPSA) is 44.5 Å². The molecule has 1 aliphatic heterocycles. The predicted octanol–water partition coefficient (Wildman–Crippen LogP) is 3.15. The third kappa shape index (κ3) is 2.69. The molecule has 18 heavy (non-hydrogen) atoms. The van der Waals surface area contributed by atoms with Crippen molar-refractivity contribution in [3.63, 3.8) is 0 Å². The Labute approximate surface area is 103 Å². The molecule has 0 spiro atoms. The lowest BCUT2D eigenvalue weighted by atomic mass is 9.90. The van der Waals surface area contributed by atoms with Gasteiger partial charge >= 0.3 is 6.36 Å². The number of nitrogens with two attached hydrogens (primary N) is 1. The fraction of sp³-hybridized carbons (Fsp3) is 0.500. The van der Waals surface area contributed by atoms with Crippen molar-refractivity contribution in [1.29, 1.82) is 0 Å². The Bertz CT molecular complexity index is 457. The summed E-state index contributed by atoms with van der Waals surface area (Å²) in [6, 6.07) is 3.75. The first kappa shape index (κ1) is 13.0. The van der Waals surface area contributed by atoms with Crippen LogP contribution in [0.15, 0.2) is 18.2 Å². The second kappa shape index (κ2) is 4.05. The van der Waals surface area contributed by atoms with Gasteiger partial charge in [-0.2, -0.15) is 0 Å². The molecule has 0 aliphatic carbocycles. The summed E-state index contributed by atoms with van der Waals surface area (Å²) < 4.78 is 46.5. The van der Waals surface area contributed by atoms with E-state index in [0.29, 0.717) is 12.2 Å². The molecule has 0 amide bonds. The summed E-state index contributed by atoms with van der Waals surface area (Å²) in [5.41, 5.74) is 5.69. The molecule has 0 saturated heterocycles. The Kier molecular flexibility index (Phi) is 2.93. The average Bonchev–Trinajstić information content (AvgIpc) is 2.11. The Hall–Kier alpha value is -1.43. The van der Waals surface area contributed by atoms with E-state index in [9.17, 15) is 13.2 Å². The van der Waals surface area contributed by atoms with Crippen LogP contribution < -0.4 is 15.2 Å². The van der Waals surface area contributed by atoms with E-state index in [1.54, 1.807) is 6.07 Å². The fourth-order valence-electron chi connectivity index (χ4n) is 2.16. The molecule has 6 heteroatoms. The van der Waals surface area contributed by atoms with Crippen molar-refractivity contribution < 1.29 is 22.6 Å². The summed E-state index contributed by atoms with van der Waals surface area (Å²) in [6.45, 7) is 3.68. The van der Waals surface area contributed by atoms with Gasteiger partial charge in [-0.25, -0.2) is 0 Å². The molecule has 0 bridgehead atoms. The maximum Gasteiger partial charge on any atom is 0.573 e. The zero-order chi connectivity index (χ0) is 13.6. The summed E-state index contributed by atoms with van der Waals surface area (Å²) in [7, 11) is 0. The van der Waals surface area contributed by atoms with Gasteiger partial charge in [0.25, 0.3) is 0 Å². The van der Waals surface area contributed by atoms with Crippen LogP contribution in [0.25, 0.3) is 0 Å². The lowest BCUT2D eigenvalue weighted by molar-refractivity contribution is -0.275. The maximum atomic E-state index is 12.3. The molecule has 1 aliphatic rings. The number of rotatable bonds is 1. The van der Waals surface area contributed by atoms with Gasteiger partial charge in [0.05, 0.1) is 5.56 Å². The molecule has 1 atom stereocenters. The van der Waals surface area contributed by atoms with Crippen LogP contribution in [0.5, 0.6) is 11.5 Å². The van der Waals surface area contributed by atoms with E-state index in [-0.39, 0.29) is 11.3 Å². The SMILES string of the molecule is CC1(C)C[C@@H](N)c2c(OC(F)(F)F)cccc2O1. The van der Waals surface area contributed by atoms with Crippen LogP contribution in [0.4, 0.5) is 13.2 Å². The summed E-state index contributed by atoms with van der Waals surface area (Å²) >= 11 is 0. The molecule has 0 aromatic heterocycles. The minimum Gasteiger partial charge on any atom is -0.487 e. The van der Waals surface area contributed by atoms with Crippen molar-refractivity contribution >= 4 is 0 Å². The van der Waals surface area contributed by atoms with Crippen molar-refractivity contribution in [3.05, 3.63) is 23.8 Å². The van der Waals surface area contributed by atoms with Gasteiger partial charge in [-0.15, -0.1) is 13.2 Å². The van der Waals surface area contributed by atoms with Crippen LogP contribution in [0.1, 0.15) is 31.9 Å². The minimum absolute atomic E-state index is 0.272. The van der Waals surface area contributed by atoms with Crippen molar-refractivity contribution in [2.45, 2.75) is 38.3 Å². The van der Waals surface area contributed by atoms with Gasteiger partial charge in [0.2, 0.25) is 0 Å². The van der Waals surface area contributed by atoms with Gasteiger partial charge in [0.1, 0.15) is 17.1 Å². The number of hydrogen-bond acceptors (Lipinski definition) is 3. The fourth-order valence-corrected chi connectivity index (χ4v) is 2.16. The molecule has 100 valence electrons. The van der Waals surface area contributed by atoms with Gasteiger partial charge in [-0.1, -0.05) is 6.07 Å². The van der Waals surface area contributed by atoms with Gasteiger partial charge in [0.15, 0.2) is 0 Å². The molecule has 3 nitrogen and oxygen atoms in total. The lowest BCUT2D eigenvalue weighted by Crippen LogP contribution is -2.37. The first-order chi connectivity index (χ1) is 8.18. The maximum absolute atomic E-state index is 12.3. The minimum atomic E-state index is -4.73. The van der Waals surface area contributed by atoms with Crippen LogP contribution in [-0.2, 0) is 0 Å². The molecule has 0 fully saturated rings. The highest BCUT2D eigenvalue weighted by atomic mass is 19.4. The van der Waals surface area contributed by atoms with Crippen LogP contribution in [0.3, 0.4) is 0 Å². The normalized spacial score (nSPS) is 22.0. The standard InChI is InChI=1S/C12H14F3NO2/c1-11(2)6-7(16)10-8(17-11)4-3-5-9(10)18-12(13,14)15/h3-5,7H,6,16H2,1-2H3/t7-/m1/s1. The van der Waals surface area contributed by atoms with Crippen molar-refractivity contribution in [1.82, 2.24) is 0 Å². The largest absolute Gasteiger partial charge is 0.573 e. The summed E-state index contributed by atoms with van der Waals surface area (Å²) in [5, 5.41) is 0. The zero-order valence-corrected chi connectivity index (χ0v) is 10.0. The van der Waals surface area contributed by atoms with E-state index in [1.165, 1.54) is 12.1 Å². The number of hydrogen-bond donors (Lipinski definition) is 1. The monoisotopic (exact) mass is 261 g/mol. The number of fused-ring (bicyclic) bond motifs is 1. The molecule has 0 radical (unpaired) electrons. The van der Waals surface area contributed by atoms with E-state index in [0.717, 1.165) is 0 Å². The van der Waals surface area contributed by atoms with Crippen LogP contribution in [0, 0.1) is 0 Å². The number of alkyl halides is 3. The van der Waals surface area contributed by atoms with E-state index < -0.39 is 18.0 Å². The molecule has 1 aromatic carbocycles. The van der Waals surface area contributed by atoms with Gasteiger partial charge in [-0.3, -0.25) is 0 Å². The number of benzene rings is 1. The second-order valence-corrected chi connectivity index (χ2v) is 4.89. The summed E-state index contributed by atoms with van der Waals surface area (Å²) in [4.78, 5) is 0. The molecule has 2 rings (SSSR count). The summed E-state index contributed by atoms with van der Waals surface area (Å²) in [5.74, 6) is 0.0588. The predicted molar refractivity (Wildman–Crippen MR) is 59.4 cm³/mol.